The van der Waals surface area contributed by atoms with E-state index in [0.29, 0.717) is 19.3 Å². The van der Waals surface area contributed by atoms with Crippen LogP contribution in [0.1, 0.15) is 30.0 Å². The molecule has 1 aromatic heterocycles. The fourth-order valence-corrected chi connectivity index (χ4v) is 3.37. The highest BCUT2D eigenvalue weighted by Gasteiger charge is 2.27. The van der Waals surface area contributed by atoms with Gasteiger partial charge in [-0.3, -0.25) is 4.79 Å². The molecule has 0 saturated heterocycles. The Morgan fingerprint density at radius 1 is 1.67 bits per heavy atom. The molecule has 6 heteroatoms. The van der Waals surface area contributed by atoms with Crippen LogP contribution in [-0.4, -0.2) is 33.9 Å². The fraction of sp³-hybridized carbons (Fsp3) is 0.667. The lowest BCUT2D eigenvalue weighted by Crippen LogP contribution is -2.46. The van der Waals surface area contributed by atoms with Crippen molar-refractivity contribution in [3.05, 3.63) is 16.1 Å². The summed E-state index contributed by atoms with van der Waals surface area (Å²) < 4.78 is 0. The molecule has 0 bridgehead atoms. The van der Waals surface area contributed by atoms with E-state index in [1.165, 1.54) is 0 Å². The van der Waals surface area contributed by atoms with Crippen LogP contribution in [0.3, 0.4) is 0 Å². The molecule has 0 aliphatic heterocycles. The SMILES string of the molecule is Cc1nc(CSCCC(=O)NC2CC(O)C2)cs1. The van der Waals surface area contributed by atoms with Crippen LogP contribution in [0.15, 0.2) is 5.38 Å². The molecule has 18 heavy (non-hydrogen) atoms. The third-order valence-electron chi connectivity index (χ3n) is 2.87. The van der Waals surface area contributed by atoms with Crippen molar-refractivity contribution in [1.29, 1.82) is 0 Å². The Bertz CT molecular complexity index is 403. The van der Waals surface area contributed by atoms with Crippen LogP contribution in [0.25, 0.3) is 0 Å². The second-order valence-electron chi connectivity index (χ2n) is 4.55. The summed E-state index contributed by atoms with van der Waals surface area (Å²) in [6.45, 7) is 2.00. The van der Waals surface area contributed by atoms with Crippen LogP contribution < -0.4 is 5.32 Å². The van der Waals surface area contributed by atoms with Gasteiger partial charge in [-0.05, 0) is 19.8 Å². The van der Waals surface area contributed by atoms with E-state index in [0.717, 1.165) is 22.2 Å². The van der Waals surface area contributed by atoms with Gasteiger partial charge >= 0.3 is 0 Å². The van der Waals surface area contributed by atoms with Gasteiger partial charge in [-0.15, -0.1) is 11.3 Å². The van der Waals surface area contributed by atoms with Crippen molar-refractivity contribution in [1.82, 2.24) is 10.3 Å². The summed E-state index contributed by atoms with van der Waals surface area (Å²) in [5.74, 6) is 1.78. The molecule has 1 aliphatic carbocycles. The highest BCUT2D eigenvalue weighted by Crippen LogP contribution is 2.20. The number of amides is 1. The normalized spacial score (nSPS) is 22.6. The number of hydrogen-bond donors (Lipinski definition) is 2. The molecule has 0 atom stereocenters. The molecule has 1 amide bonds. The van der Waals surface area contributed by atoms with Gasteiger partial charge < -0.3 is 10.4 Å². The highest BCUT2D eigenvalue weighted by molar-refractivity contribution is 7.98. The smallest absolute Gasteiger partial charge is 0.221 e. The number of thiazole rings is 1. The average Bonchev–Trinajstić information content (AvgIpc) is 2.68. The zero-order valence-electron chi connectivity index (χ0n) is 10.4. The lowest BCUT2D eigenvalue weighted by Gasteiger charge is -2.31. The lowest BCUT2D eigenvalue weighted by molar-refractivity contribution is -0.122. The predicted molar refractivity (Wildman–Crippen MR) is 74.8 cm³/mol. The quantitative estimate of drug-likeness (QED) is 0.782. The maximum atomic E-state index is 11.5. The Balaban J connectivity index is 1.53. The van der Waals surface area contributed by atoms with Gasteiger partial charge in [0.2, 0.25) is 5.91 Å². The van der Waals surface area contributed by atoms with Gasteiger partial charge in [0, 0.05) is 29.3 Å². The topological polar surface area (TPSA) is 62.2 Å². The van der Waals surface area contributed by atoms with Crippen molar-refractivity contribution in [3.8, 4) is 0 Å². The number of aryl methyl sites for hydroxylation is 1. The van der Waals surface area contributed by atoms with Crippen molar-refractivity contribution in [2.45, 2.75) is 44.1 Å². The number of nitrogens with zero attached hydrogens (tertiary/aromatic N) is 1. The van der Waals surface area contributed by atoms with Crippen LogP contribution in [-0.2, 0) is 10.5 Å². The molecule has 1 heterocycles. The fourth-order valence-electron chi connectivity index (χ4n) is 1.82. The van der Waals surface area contributed by atoms with E-state index in [4.69, 9.17) is 5.11 Å². The first-order valence-corrected chi connectivity index (χ1v) is 8.13. The van der Waals surface area contributed by atoms with E-state index in [2.05, 4.69) is 15.7 Å². The number of nitrogens with one attached hydrogen (secondary N) is 1. The van der Waals surface area contributed by atoms with E-state index in [1.54, 1.807) is 23.1 Å². The van der Waals surface area contributed by atoms with Crippen molar-refractivity contribution >= 4 is 29.0 Å². The first-order chi connectivity index (χ1) is 8.63. The summed E-state index contributed by atoms with van der Waals surface area (Å²) in [6, 6.07) is 0.193. The molecule has 0 spiro atoms. The van der Waals surface area contributed by atoms with E-state index in [9.17, 15) is 4.79 Å². The minimum atomic E-state index is -0.211. The van der Waals surface area contributed by atoms with Crippen molar-refractivity contribution in [2.24, 2.45) is 0 Å². The standard InChI is InChI=1S/C12H18N2O2S2/c1-8-13-10(7-18-8)6-17-3-2-12(16)14-9-4-11(15)5-9/h7,9,11,15H,2-6H2,1H3,(H,14,16). The van der Waals surface area contributed by atoms with Crippen LogP contribution >= 0.6 is 23.1 Å². The number of aliphatic hydroxyl groups is 1. The molecule has 1 aliphatic rings. The zero-order valence-corrected chi connectivity index (χ0v) is 12.0. The minimum Gasteiger partial charge on any atom is -0.393 e. The summed E-state index contributed by atoms with van der Waals surface area (Å²) in [5, 5.41) is 15.2. The van der Waals surface area contributed by atoms with Crippen molar-refractivity contribution in [2.75, 3.05) is 5.75 Å². The zero-order chi connectivity index (χ0) is 13.0. The Labute approximate surface area is 115 Å². The molecule has 2 rings (SSSR count). The van der Waals surface area contributed by atoms with Crippen molar-refractivity contribution in [3.63, 3.8) is 0 Å². The highest BCUT2D eigenvalue weighted by atomic mass is 32.2. The van der Waals surface area contributed by atoms with Gasteiger partial charge in [0.1, 0.15) is 0 Å². The molecular weight excluding hydrogens is 268 g/mol. The molecule has 4 nitrogen and oxygen atoms in total. The van der Waals surface area contributed by atoms with Crippen LogP contribution in [0.5, 0.6) is 0 Å². The summed E-state index contributed by atoms with van der Waals surface area (Å²) in [7, 11) is 0. The van der Waals surface area contributed by atoms with Gasteiger partial charge in [0.15, 0.2) is 0 Å². The third-order valence-corrected chi connectivity index (χ3v) is 4.68. The van der Waals surface area contributed by atoms with E-state index >= 15 is 0 Å². The first kappa shape index (κ1) is 13.8. The van der Waals surface area contributed by atoms with Gasteiger partial charge in [0.05, 0.1) is 16.8 Å². The van der Waals surface area contributed by atoms with Crippen LogP contribution in [0, 0.1) is 6.92 Å². The minimum absolute atomic E-state index is 0.0915. The summed E-state index contributed by atoms with van der Waals surface area (Å²) >= 11 is 3.40. The molecule has 1 aromatic rings. The van der Waals surface area contributed by atoms with Gasteiger partial charge in [-0.2, -0.15) is 11.8 Å². The number of thioether (sulfide) groups is 1. The Morgan fingerprint density at radius 3 is 3.06 bits per heavy atom. The number of hydrogen-bond acceptors (Lipinski definition) is 5. The van der Waals surface area contributed by atoms with Crippen LogP contribution in [0.4, 0.5) is 0 Å². The average molecular weight is 286 g/mol. The number of aliphatic hydroxyl groups excluding tert-OH is 1. The van der Waals surface area contributed by atoms with Gasteiger partial charge in [-0.1, -0.05) is 0 Å². The van der Waals surface area contributed by atoms with Gasteiger partial charge in [-0.25, -0.2) is 4.98 Å². The maximum absolute atomic E-state index is 11.5. The molecule has 0 aromatic carbocycles. The number of rotatable bonds is 6. The number of carbonyl (C=O) groups excluding carboxylic acids is 1. The molecular formula is C12H18N2O2S2. The van der Waals surface area contributed by atoms with E-state index < -0.39 is 0 Å². The molecule has 1 saturated carbocycles. The summed E-state index contributed by atoms with van der Waals surface area (Å²) in [5.41, 5.74) is 1.10. The summed E-state index contributed by atoms with van der Waals surface area (Å²) in [6.07, 6.45) is 1.74. The second kappa shape index (κ2) is 6.54. The van der Waals surface area contributed by atoms with E-state index in [-0.39, 0.29) is 18.1 Å². The third kappa shape index (κ3) is 4.26. The monoisotopic (exact) mass is 286 g/mol. The van der Waals surface area contributed by atoms with Crippen molar-refractivity contribution < 1.29 is 9.90 Å². The largest absolute Gasteiger partial charge is 0.393 e. The lowest BCUT2D eigenvalue weighted by atomic mass is 9.89. The molecule has 0 radical (unpaired) electrons. The molecule has 1 fully saturated rings. The Kier molecular flexibility index (Phi) is 5.03. The Morgan fingerprint density at radius 2 is 2.44 bits per heavy atom. The number of carbonyl (C=O) groups is 1. The number of aromatic nitrogens is 1. The summed E-state index contributed by atoms with van der Waals surface area (Å²) in [4.78, 5) is 15.9. The van der Waals surface area contributed by atoms with Crippen LogP contribution in [0.2, 0.25) is 0 Å². The van der Waals surface area contributed by atoms with Gasteiger partial charge in [0.25, 0.3) is 0 Å². The molecule has 2 N–H and O–H groups in total. The predicted octanol–water partition coefficient (Wildman–Crippen LogP) is 1.71. The first-order valence-electron chi connectivity index (χ1n) is 6.09. The Hall–Kier alpha value is -0.590. The molecule has 0 unspecified atom stereocenters. The maximum Gasteiger partial charge on any atom is 0.221 e. The molecule has 100 valence electrons. The second-order valence-corrected chi connectivity index (χ2v) is 6.72. The van der Waals surface area contributed by atoms with E-state index in [1.807, 2.05) is 6.92 Å².